The number of hydrogen-bond donors (Lipinski definition) is 2. The number of nitrogens with zero attached hydrogens (tertiary/aromatic N) is 1. The molecule has 17 heavy (non-hydrogen) atoms. The highest BCUT2D eigenvalue weighted by molar-refractivity contribution is 4.75. The first kappa shape index (κ1) is 14.9. The highest BCUT2D eigenvalue weighted by Crippen LogP contribution is 2.11. The average Bonchev–Trinajstić information content (AvgIpc) is 2.28. The first-order chi connectivity index (χ1) is 8.15. The minimum absolute atomic E-state index is 0.232. The summed E-state index contributed by atoms with van der Waals surface area (Å²) in [5, 5.41) is 12.7. The highest BCUT2D eigenvalue weighted by atomic mass is 16.5. The summed E-state index contributed by atoms with van der Waals surface area (Å²) in [6.45, 7) is 10.7. The fourth-order valence-electron chi connectivity index (χ4n) is 2.41. The van der Waals surface area contributed by atoms with Gasteiger partial charge in [0, 0.05) is 19.1 Å². The molecule has 102 valence electrons. The molecule has 1 aliphatic heterocycles. The predicted octanol–water partition coefficient (Wildman–Crippen LogP) is 0.846. The molecule has 4 nitrogen and oxygen atoms in total. The lowest BCUT2D eigenvalue weighted by molar-refractivity contribution is -0.0688. The van der Waals surface area contributed by atoms with Gasteiger partial charge in [-0.15, -0.1) is 0 Å². The van der Waals surface area contributed by atoms with Crippen LogP contribution in [0.15, 0.2) is 0 Å². The Hall–Kier alpha value is -0.160. The van der Waals surface area contributed by atoms with E-state index < -0.39 is 0 Å². The summed E-state index contributed by atoms with van der Waals surface area (Å²) in [6, 6.07) is 0.239. The first-order valence-corrected chi connectivity index (χ1v) is 6.87. The molecule has 1 heterocycles. The molecule has 0 spiro atoms. The number of rotatable bonds is 7. The van der Waals surface area contributed by atoms with Gasteiger partial charge in [-0.1, -0.05) is 6.92 Å². The third kappa shape index (κ3) is 5.82. The molecule has 4 heteroatoms. The predicted molar refractivity (Wildman–Crippen MR) is 70.2 cm³/mol. The van der Waals surface area contributed by atoms with Crippen LogP contribution in [0, 0.1) is 0 Å². The van der Waals surface area contributed by atoms with Gasteiger partial charge in [-0.05, 0) is 39.8 Å². The van der Waals surface area contributed by atoms with Crippen molar-refractivity contribution in [3.8, 4) is 0 Å². The third-order valence-corrected chi connectivity index (χ3v) is 3.19. The van der Waals surface area contributed by atoms with Crippen molar-refractivity contribution >= 4 is 0 Å². The van der Waals surface area contributed by atoms with Crippen molar-refractivity contribution in [1.82, 2.24) is 10.2 Å². The van der Waals surface area contributed by atoms with Gasteiger partial charge in [0.15, 0.2) is 0 Å². The molecule has 3 unspecified atom stereocenters. The molecule has 2 N–H and O–H groups in total. The minimum atomic E-state index is 0.232. The number of aliphatic hydroxyl groups excluding tert-OH is 1. The van der Waals surface area contributed by atoms with E-state index in [0.29, 0.717) is 12.2 Å². The summed E-state index contributed by atoms with van der Waals surface area (Å²) in [4.78, 5) is 2.44. The molecule has 1 aliphatic rings. The maximum Gasteiger partial charge on any atom is 0.0678 e. The van der Waals surface area contributed by atoms with E-state index in [2.05, 4.69) is 31.0 Å². The normalized spacial score (nSPS) is 28.2. The van der Waals surface area contributed by atoms with E-state index in [1.54, 1.807) is 0 Å². The van der Waals surface area contributed by atoms with Gasteiger partial charge in [-0.3, -0.25) is 4.90 Å². The second-order valence-corrected chi connectivity index (χ2v) is 5.14. The summed E-state index contributed by atoms with van der Waals surface area (Å²) in [5.41, 5.74) is 0. The zero-order valence-corrected chi connectivity index (χ0v) is 11.5. The molecule has 0 aromatic rings. The fraction of sp³-hybridized carbons (Fsp3) is 1.00. The maximum atomic E-state index is 9.28. The SMILES string of the molecule is CCCNC(CO)CCN1CC(C)OC(C)C1. The molecule has 3 atom stereocenters. The topological polar surface area (TPSA) is 44.7 Å². The zero-order valence-electron chi connectivity index (χ0n) is 11.5. The Bertz CT molecular complexity index is 192. The smallest absolute Gasteiger partial charge is 0.0678 e. The second-order valence-electron chi connectivity index (χ2n) is 5.14. The molecular formula is C13H28N2O2. The Morgan fingerprint density at radius 3 is 2.53 bits per heavy atom. The Morgan fingerprint density at radius 1 is 1.35 bits per heavy atom. The Morgan fingerprint density at radius 2 is 2.00 bits per heavy atom. The van der Waals surface area contributed by atoms with E-state index in [-0.39, 0.29) is 12.6 Å². The van der Waals surface area contributed by atoms with Crippen molar-refractivity contribution in [3.05, 3.63) is 0 Å². The van der Waals surface area contributed by atoms with E-state index in [9.17, 15) is 5.11 Å². The van der Waals surface area contributed by atoms with Crippen LogP contribution in [0.3, 0.4) is 0 Å². The highest BCUT2D eigenvalue weighted by Gasteiger charge is 2.22. The monoisotopic (exact) mass is 244 g/mol. The maximum absolute atomic E-state index is 9.28. The molecule has 1 rings (SSSR count). The quantitative estimate of drug-likeness (QED) is 0.697. The van der Waals surface area contributed by atoms with E-state index in [0.717, 1.165) is 39.0 Å². The first-order valence-electron chi connectivity index (χ1n) is 6.87. The van der Waals surface area contributed by atoms with Gasteiger partial charge in [0.1, 0.15) is 0 Å². The van der Waals surface area contributed by atoms with Crippen molar-refractivity contribution in [2.24, 2.45) is 0 Å². The molecule has 0 aliphatic carbocycles. The molecule has 1 saturated heterocycles. The fourth-order valence-corrected chi connectivity index (χ4v) is 2.41. The minimum Gasteiger partial charge on any atom is -0.395 e. The summed E-state index contributed by atoms with van der Waals surface area (Å²) in [6.07, 6.45) is 2.78. The molecule has 0 radical (unpaired) electrons. The lowest BCUT2D eigenvalue weighted by atomic mass is 10.1. The van der Waals surface area contributed by atoms with Crippen LogP contribution >= 0.6 is 0 Å². The lowest BCUT2D eigenvalue weighted by Crippen LogP contribution is -2.47. The van der Waals surface area contributed by atoms with Gasteiger partial charge in [0.05, 0.1) is 18.8 Å². The Kier molecular flexibility index (Phi) is 7.04. The van der Waals surface area contributed by atoms with Crippen molar-refractivity contribution < 1.29 is 9.84 Å². The molecule has 0 amide bonds. The van der Waals surface area contributed by atoms with Crippen LogP contribution in [0.2, 0.25) is 0 Å². The summed E-state index contributed by atoms with van der Waals surface area (Å²) in [7, 11) is 0. The summed E-state index contributed by atoms with van der Waals surface area (Å²) in [5.74, 6) is 0. The molecule has 0 aromatic heterocycles. The standard InChI is InChI=1S/C13H28N2O2/c1-4-6-14-13(10-16)5-7-15-8-11(2)17-12(3)9-15/h11-14,16H,4-10H2,1-3H3. The number of nitrogens with one attached hydrogen (secondary N) is 1. The van der Waals surface area contributed by atoms with Crippen molar-refractivity contribution in [1.29, 1.82) is 0 Å². The van der Waals surface area contributed by atoms with Crippen LogP contribution < -0.4 is 5.32 Å². The van der Waals surface area contributed by atoms with Crippen LogP contribution in [-0.4, -0.2) is 61.0 Å². The number of hydrogen-bond acceptors (Lipinski definition) is 4. The Labute approximate surface area is 105 Å². The third-order valence-electron chi connectivity index (χ3n) is 3.19. The van der Waals surface area contributed by atoms with Gasteiger partial charge < -0.3 is 15.2 Å². The molecule has 0 saturated carbocycles. The van der Waals surface area contributed by atoms with Gasteiger partial charge in [-0.25, -0.2) is 0 Å². The van der Waals surface area contributed by atoms with Crippen LogP contribution in [0.5, 0.6) is 0 Å². The van der Waals surface area contributed by atoms with Crippen molar-refractivity contribution in [3.63, 3.8) is 0 Å². The van der Waals surface area contributed by atoms with E-state index in [4.69, 9.17) is 4.74 Å². The Balaban J connectivity index is 2.23. The van der Waals surface area contributed by atoms with Crippen LogP contribution in [-0.2, 0) is 4.74 Å². The molecule has 0 aromatic carbocycles. The average molecular weight is 244 g/mol. The van der Waals surface area contributed by atoms with E-state index in [1.165, 1.54) is 0 Å². The van der Waals surface area contributed by atoms with Gasteiger partial charge in [-0.2, -0.15) is 0 Å². The lowest BCUT2D eigenvalue weighted by Gasteiger charge is -2.35. The van der Waals surface area contributed by atoms with E-state index in [1.807, 2.05) is 0 Å². The van der Waals surface area contributed by atoms with Crippen LogP contribution in [0.1, 0.15) is 33.6 Å². The molecule has 0 bridgehead atoms. The van der Waals surface area contributed by atoms with Gasteiger partial charge >= 0.3 is 0 Å². The number of ether oxygens (including phenoxy) is 1. The van der Waals surface area contributed by atoms with Gasteiger partial charge in [0.25, 0.3) is 0 Å². The second kappa shape index (κ2) is 8.03. The summed E-state index contributed by atoms with van der Waals surface area (Å²) >= 11 is 0. The molecule has 1 fully saturated rings. The number of morpholine rings is 1. The van der Waals surface area contributed by atoms with Crippen molar-refractivity contribution in [2.45, 2.75) is 51.9 Å². The summed E-state index contributed by atoms with van der Waals surface area (Å²) < 4.78 is 5.71. The van der Waals surface area contributed by atoms with Crippen molar-refractivity contribution in [2.75, 3.05) is 32.8 Å². The van der Waals surface area contributed by atoms with Crippen LogP contribution in [0.4, 0.5) is 0 Å². The zero-order chi connectivity index (χ0) is 12.7. The van der Waals surface area contributed by atoms with E-state index >= 15 is 0 Å². The van der Waals surface area contributed by atoms with Gasteiger partial charge in [0.2, 0.25) is 0 Å². The largest absolute Gasteiger partial charge is 0.395 e. The molecular weight excluding hydrogens is 216 g/mol. The number of aliphatic hydroxyl groups is 1. The van der Waals surface area contributed by atoms with Crippen LogP contribution in [0.25, 0.3) is 0 Å².